The molecule has 10 heteroatoms. The van der Waals surface area contributed by atoms with Crippen LogP contribution in [0.2, 0.25) is 0 Å². The number of imidazole rings is 1. The van der Waals surface area contributed by atoms with E-state index in [0.29, 0.717) is 41.9 Å². The monoisotopic (exact) mass is 431 g/mol. The molecule has 1 saturated heterocycles. The van der Waals surface area contributed by atoms with Crippen LogP contribution in [0.4, 0.5) is 19.0 Å². The average Bonchev–Trinajstić information content (AvgIpc) is 3.01. The van der Waals surface area contributed by atoms with E-state index in [0.717, 1.165) is 12.3 Å². The summed E-state index contributed by atoms with van der Waals surface area (Å²) < 4.78 is 40.2. The number of alkyl halides is 3. The molecule has 3 rings (SSSR count). The van der Waals surface area contributed by atoms with Gasteiger partial charge in [-0.3, -0.25) is 4.79 Å². The Bertz CT molecular complexity index is 799. The summed E-state index contributed by atoms with van der Waals surface area (Å²) in [5.74, 6) is 0.298. The van der Waals surface area contributed by atoms with E-state index in [9.17, 15) is 18.0 Å². The van der Waals surface area contributed by atoms with Gasteiger partial charge in [0.15, 0.2) is 0 Å². The number of hydrogen-bond donors (Lipinski definition) is 1. The predicted octanol–water partition coefficient (Wildman–Crippen LogP) is 3.00. The van der Waals surface area contributed by atoms with Crippen LogP contribution in [0.15, 0.2) is 29.3 Å². The second-order valence-corrected chi connectivity index (χ2v) is 7.01. The summed E-state index contributed by atoms with van der Waals surface area (Å²) in [6.07, 6.45) is 0.851. The molecule has 3 heterocycles. The van der Waals surface area contributed by atoms with Gasteiger partial charge >= 0.3 is 6.18 Å². The zero-order valence-corrected chi connectivity index (χ0v) is 15.5. The third-order valence-corrected chi connectivity index (χ3v) is 4.91. The van der Waals surface area contributed by atoms with Crippen molar-refractivity contribution in [1.82, 2.24) is 19.9 Å². The molecule has 0 unspecified atom stereocenters. The number of pyridine rings is 1. The molecule has 0 aliphatic carbocycles. The van der Waals surface area contributed by atoms with E-state index < -0.39 is 11.7 Å². The quantitative estimate of drug-likeness (QED) is 0.811. The maximum absolute atomic E-state index is 12.7. The van der Waals surface area contributed by atoms with Crippen LogP contribution < -0.4 is 10.2 Å². The van der Waals surface area contributed by atoms with Crippen molar-refractivity contribution in [3.8, 4) is 0 Å². The maximum Gasteiger partial charge on any atom is 0.417 e. The minimum Gasteiger partial charge on any atom is -0.356 e. The molecule has 0 saturated carbocycles. The van der Waals surface area contributed by atoms with Gasteiger partial charge in [-0.15, -0.1) is 0 Å². The van der Waals surface area contributed by atoms with Gasteiger partial charge in [-0.25, -0.2) is 9.97 Å². The normalized spacial score (nSPS) is 16.0. The first-order chi connectivity index (χ1) is 12.3. The summed E-state index contributed by atoms with van der Waals surface area (Å²) in [6.45, 7) is 1.18. The number of amides is 1. The number of nitrogens with zero attached hydrogens (tertiary/aromatic N) is 4. The van der Waals surface area contributed by atoms with Crippen molar-refractivity contribution >= 4 is 27.7 Å². The lowest BCUT2D eigenvalue weighted by molar-refractivity contribution is -0.137. The SMILES string of the molecule is Cn1cncc1C(=O)NC1CCN(c2ncc(C(F)(F)F)cc2Br)CC1. The number of anilines is 1. The van der Waals surface area contributed by atoms with E-state index in [-0.39, 0.29) is 11.9 Å². The third kappa shape index (κ3) is 4.00. The van der Waals surface area contributed by atoms with Gasteiger partial charge in [-0.05, 0) is 34.8 Å². The van der Waals surface area contributed by atoms with Crippen LogP contribution >= 0.6 is 15.9 Å². The molecule has 2 aromatic heterocycles. The van der Waals surface area contributed by atoms with E-state index in [4.69, 9.17) is 0 Å². The second kappa shape index (κ2) is 7.26. The number of rotatable bonds is 3. The molecule has 0 aromatic carbocycles. The molecule has 26 heavy (non-hydrogen) atoms. The first-order valence-electron chi connectivity index (χ1n) is 8.00. The number of piperidine rings is 1. The first-order valence-corrected chi connectivity index (χ1v) is 8.80. The molecule has 1 amide bonds. The molecule has 1 N–H and O–H groups in total. The Kier molecular flexibility index (Phi) is 5.22. The molecule has 2 aromatic rings. The van der Waals surface area contributed by atoms with Gasteiger partial charge in [0.05, 0.1) is 22.6 Å². The highest BCUT2D eigenvalue weighted by Crippen LogP contribution is 2.34. The van der Waals surface area contributed by atoms with Gasteiger partial charge < -0.3 is 14.8 Å². The molecular weight excluding hydrogens is 415 g/mol. The lowest BCUT2D eigenvalue weighted by Crippen LogP contribution is -2.45. The number of halogens is 4. The minimum atomic E-state index is -4.42. The van der Waals surface area contributed by atoms with Gasteiger partial charge in [-0.1, -0.05) is 0 Å². The smallest absolute Gasteiger partial charge is 0.356 e. The van der Waals surface area contributed by atoms with E-state index in [1.807, 2.05) is 4.90 Å². The van der Waals surface area contributed by atoms with Crippen molar-refractivity contribution in [3.05, 3.63) is 40.5 Å². The number of aromatic nitrogens is 3. The van der Waals surface area contributed by atoms with Gasteiger partial charge in [0.25, 0.3) is 5.91 Å². The Hall–Kier alpha value is -2.10. The van der Waals surface area contributed by atoms with Crippen LogP contribution in [0.1, 0.15) is 28.9 Å². The maximum atomic E-state index is 12.7. The van der Waals surface area contributed by atoms with Crippen LogP contribution in [0.3, 0.4) is 0 Å². The molecule has 1 fully saturated rings. The van der Waals surface area contributed by atoms with Crippen LogP contribution in [-0.2, 0) is 13.2 Å². The van der Waals surface area contributed by atoms with Crippen LogP contribution in [-0.4, -0.2) is 39.6 Å². The van der Waals surface area contributed by atoms with Crippen LogP contribution in [0.25, 0.3) is 0 Å². The molecule has 0 atom stereocenters. The van der Waals surface area contributed by atoms with Gasteiger partial charge in [0, 0.05) is 32.4 Å². The third-order valence-electron chi connectivity index (χ3n) is 4.33. The molecule has 140 valence electrons. The molecule has 0 radical (unpaired) electrons. The highest BCUT2D eigenvalue weighted by molar-refractivity contribution is 9.10. The summed E-state index contributed by atoms with van der Waals surface area (Å²) in [6, 6.07) is 1.04. The van der Waals surface area contributed by atoms with Crippen molar-refractivity contribution in [1.29, 1.82) is 0 Å². The number of carbonyl (C=O) groups is 1. The lowest BCUT2D eigenvalue weighted by Gasteiger charge is -2.33. The largest absolute Gasteiger partial charge is 0.417 e. The van der Waals surface area contributed by atoms with Gasteiger partial charge in [0.1, 0.15) is 11.5 Å². The highest BCUT2D eigenvalue weighted by atomic mass is 79.9. The zero-order valence-electron chi connectivity index (χ0n) is 13.9. The van der Waals surface area contributed by atoms with Crippen molar-refractivity contribution < 1.29 is 18.0 Å². The van der Waals surface area contributed by atoms with Crippen molar-refractivity contribution in [3.63, 3.8) is 0 Å². The predicted molar refractivity (Wildman–Crippen MR) is 92.8 cm³/mol. The Morgan fingerprint density at radius 2 is 2.00 bits per heavy atom. The zero-order chi connectivity index (χ0) is 18.9. The van der Waals surface area contributed by atoms with Gasteiger partial charge in [0.2, 0.25) is 0 Å². The van der Waals surface area contributed by atoms with E-state index in [1.54, 1.807) is 17.9 Å². The van der Waals surface area contributed by atoms with E-state index in [2.05, 4.69) is 31.2 Å². The standard InChI is InChI=1S/C16H17BrF3N5O/c1-24-9-21-8-13(24)15(26)23-11-2-4-25(5-3-11)14-12(17)6-10(7-22-14)16(18,19)20/h6-9,11H,2-5H2,1H3,(H,23,26). The molecule has 6 nitrogen and oxygen atoms in total. The molecule has 1 aliphatic heterocycles. The summed E-state index contributed by atoms with van der Waals surface area (Å²) in [5.41, 5.74) is -0.300. The molecule has 0 bridgehead atoms. The summed E-state index contributed by atoms with van der Waals surface area (Å²) >= 11 is 3.18. The number of aryl methyl sites for hydroxylation is 1. The minimum absolute atomic E-state index is 0.00174. The fourth-order valence-electron chi connectivity index (χ4n) is 2.89. The van der Waals surface area contributed by atoms with Crippen molar-refractivity contribution in [2.75, 3.05) is 18.0 Å². The summed E-state index contributed by atoms with van der Waals surface area (Å²) in [5, 5.41) is 2.97. The Morgan fingerprint density at radius 3 is 2.54 bits per heavy atom. The fraction of sp³-hybridized carbons (Fsp3) is 0.438. The number of nitrogens with one attached hydrogen (secondary N) is 1. The molecule has 0 spiro atoms. The van der Waals surface area contributed by atoms with Crippen molar-refractivity contribution in [2.24, 2.45) is 7.05 Å². The Labute approximate surface area is 156 Å². The van der Waals surface area contributed by atoms with E-state index >= 15 is 0 Å². The van der Waals surface area contributed by atoms with Gasteiger partial charge in [-0.2, -0.15) is 13.2 Å². The van der Waals surface area contributed by atoms with Crippen LogP contribution in [0, 0.1) is 0 Å². The number of carbonyl (C=O) groups excluding carboxylic acids is 1. The number of hydrogen-bond acceptors (Lipinski definition) is 4. The van der Waals surface area contributed by atoms with E-state index in [1.165, 1.54) is 6.20 Å². The fourth-order valence-corrected chi connectivity index (χ4v) is 3.49. The average molecular weight is 432 g/mol. The summed E-state index contributed by atoms with van der Waals surface area (Å²) in [7, 11) is 1.75. The van der Waals surface area contributed by atoms with Crippen molar-refractivity contribution in [2.45, 2.75) is 25.1 Å². The van der Waals surface area contributed by atoms with Crippen LogP contribution in [0.5, 0.6) is 0 Å². The summed E-state index contributed by atoms with van der Waals surface area (Å²) in [4.78, 5) is 22.0. The lowest BCUT2D eigenvalue weighted by atomic mass is 10.0. The Balaban J connectivity index is 1.60. The topological polar surface area (TPSA) is 63.1 Å². The molecular formula is C16H17BrF3N5O. The Morgan fingerprint density at radius 1 is 1.31 bits per heavy atom. The molecule has 1 aliphatic rings. The highest BCUT2D eigenvalue weighted by Gasteiger charge is 2.32. The second-order valence-electron chi connectivity index (χ2n) is 6.15. The first kappa shape index (κ1) is 18.7.